The molecule has 1 aromatic rings. The van der Waals surface area contributed by atoms with Gasteiger partial charge in [-0.1, -0.05) is 6.07 Å². The van der Waals surface area contributed by atoms with Crippen molar-refractivity contribution in [3.63, 3.8) is 0 Å². The minimum atomic E-state index is 0.149. The maximum absolute atomic E-state index is 12.3. The molecule has 0 radical (unpaired) electrons. The van der Waals surface area contributed by atoms with Gasteiger partial charge in [0.2, 0.25) is 5.91 Å². The van der Waals surface area contributed by atoms with Gasteiger partial charge in [-0.25, -0.2) is 0 Å². The topological polar surface area (TPSA) is 54.5 Å². The Kier molecular flexibility index (Phi) is 3.25. The van der Waals surface area contributed by atoms with Crippen LogP contribution in [0.4, 0.5) is 0 Å². The summed E-state index contributed by atoms with van der Waals surface area (Å²) >= 11 is 0. The number of carbonyl (C=O) groups is 1. The second-order valence-corrected chi connectivity index (χ2v) is 4.72. The summed E-state index contributed by atoms with van der Waals surface area (Å²) in [7, 11) is 0. The number of pyridine rings is 1. The third-order valence-electron chi connectivity index (χ3n) is 3.57. The lowest BCUT2D eigenvalue weighted by molar-refractivity contribution is -0.142. The van der Waals surface area contributed by atoms with Gasteiger partial charge in [-0.3, -0.25) is 9.78 Å². The normalized spacial score (nSPS) is 27.0. The molecule has 3 rings (SSSR count). The molecule has 96 valence electrons. The number of carbonyl (C=O) groups excluding carboxylic acids is 1. The highest BCUT2D eigenvalue weighted by molar-refractivity contribution is 5.79. The van der Waals surface area contributed by atoms with E-state index >= 15 is 0 Å². The van der Waals surface area contributed by atoms with E-state index in [1.807, 2.05) is 23.1 Å². The molecule has 5 nitrogen and oxygen atoms in total. The molecule has 0 unspecified atom stereocenters. The van der Waals surface area contributed by atoms with Crippen molar-refractivity contribution < 1.29 is 9.53 Å². The van der Waals surface area contributed by atoms with Crippen molar-refractivity contribution in [1.82, 2.24) is 15.2 Å². The third-order valence-corrected chi connectivity index (χ3v) is 3.57. The standard InChI is InChI=1S/C13H17N3O2/c17-13(7-10-3-1-2-4-15-10)16-5-6-18-12-9-14-8-11(12)16/h1-4,11-12,14H,5-9H2/t11-,12+/m0/s1. The van der Waals surface area contributed by atoms with Crippen LogP contribution in [0.15, 0.2) is 24.4 Å². The number of fused-ring (bicyclic) bond motifs is 1. The predicted octanol–water partition coefficient (Wildman–Crippen LogP) is -0.177. The molecule has 1 aromatic heterocycles. The SMILES string of the molecule is O=C(Cc1ccccn1)N1CCO[C@@H]2CNC[C@@H]21. The van der Waals surface area contributed by atoms with Crippen molar-refractivity contribution in [3.05, 3.63) is 30.1 Å². The highest BCUT2D eigenvalue weighted by atomic mass is 16.5. The van der Waals surface area contributed by atoms with Gasteiger partial charge in [-0.2, -0.15) is 0 Å². The monoisotopic (exact) mass is 247 g/mol. The molecule has 18 heavy (non-hydrogen) atoms. The first-order chi connectivity index (χ1) is 8.84. The van der Waals surface area contributed by atoms with E-state index in [1.165, 1.54) is 0 Å². The lowest BCUT2D eigenvalue weighted by Crippen LogP contribution is -2.53. The first-order valence-electron chi connectivity index (χ1n) is 6.36. The van der Waals surface area contributed by atoms with E-state index in [0.29, 0.717) is 19.6 Å². The van der Waals surface area contributed by atoms with Crippen molar-refractivity contribution in [2.45, 2.75) is 18.6 Å². The Morgan fingerprint density at radius 1 is 1.50 bits per heavy atom. The van der Waals surface area contributed by atoms with Crippen molar-refractivity contribution in [2.24, 2.45) is 0 Å². The van der Waals surface area contributed by atoms with Gasteiger partial charge in [-0.05, 0) is 12.1 Å². The fourth-order valence-corrected chi connectivity index (χ4v) is 2.66. The highest BCUT2D eigenvalue weighted by Gasteiger charge is 2.38. The lowest BCUT2D eigenvalue weighted by atomic mass is 10.1. The molecule has 0 aromatic carbocycles. The van der Waals surface area contributed by atoms with Crippen molar-refractivity contribution in [1.29, 1.82) is 0 Å². The first-order valence-corrected chi connectivity index (χ1v) is 6.36. The van der Waals surface area contributed by atoms with Crippen LogP contribution in [0.5, 0.6) is 0 Å². The Morgan fingerprint density at radius 3 is 3.28 bits per heavy atom. The zero-order valence-corrected chi connectivity index (χ0v) is 10.2. The van der Waals surface area contributed by atoms with Crippen LogP contribution in [0.25, 0.3) is 0 Å². The summed E-state index contributed by atoms with van der Waals surface area (Å²) < 4.78 is 5.66. The van der Waals surface area contributed by atoms with Gasteiger partial charge in [-0.15, -0.1) is 0 Å². The molecule has 3 heterocycles. The van der Waals surface area contributed by atoms with Crippen LogP contribution in [-0.2, 0) is 16.0 Å². The van der Waals surface area contributed by atoms with Gasteiger partial charge >= 0.3 is 0 Å². The molecule has 2 fully saturated rings. The third kappa shape index (κ3) is 2.23. The molecule has 1 amide bonds. The summed E-state index contributed by atoms with van der Waals surface area (Å²) in [5, 5.41) is 3.28. The number of morpholine rings is 1. The highest BCUT2D eigenvalue weighted by Crippen LogP contribution is 2.18. The predicted molar refractivity (Wildman–Crippen MR) is 66.1 cm³/mol. The van der Waals surface area contributed by atoms with E-state index in [0.717, 1.165) is 18.8 Å². The van der Waals surface area contributed by atoms with E-state index < -0.39 is 0 Å². The molecule has 2 aliphatic rings. The van der Waals surface area contributed by atoms with Gasteiger partial charge in [0.25, 0.3) is 0 Å². The van der Waals surface area contributed by atoms with Crippen LogP contribution in [0.2, 0.25) is 0 Å². The molecule has 0 bridgehead atoms. The molecule has 2 saturated heterocycles. The second-order valence-electron chi connectivity index (χ2n) is 4.72. The molecule has 2 aliphatic heterocycles. The lowest BCUT2D eigenvalue weighted by Gasteiger charge is -2.37. The van der Waals surface area contributed by atoms with Crippen molar-refractivity contribution in [2.75, 3.05) is 26.2 Å². The summed E-state index contributed by atoms with van der Waals surface area (Å²) in [6.07, 6.45) is 2.26. The Labute approximate surface area is 106 Å². The number of hydrogen-bond donors (Lipinski definition) is 1. The molecular formula is C13H17N3O2. The van der Waals surface area contributed by atoms with Gasteiger partial charge in [0, 0.05) is 31.5 Å². The summed E-state index contributed by atoms with van der Waals surface area (Å²) in [6.45, 7) is 3.00. The fraction of sp³-hybridized carbons (Fsp3) is 0.538. The summed E-state index contributed by atoms with van der Waals surface area (Å²) in [6, 6.07) is 5.85. The molecule has 5 heteroatoms. The van der Waals surface area contributed by atoms with E-state index in [-0.39, 0.29) is 18.1 Å². The van der Waals surface area contributed by atoms with E-state index in [2.05, 4.69) is 10.3 Å². The number of aromatic nitrogens is 1. The Bertz CT molecular complexity index is 424. The number of rotatable bonds is 2. The number of ether oxygens (including phenoxy) is 1. The fourth-order valence-electron chi connectivity index (χ4n) is 2.66. The summed E-state index contributed by atoms with van der Waals surface area (Å²) in [4.78, 5) is 18.5. The molecular weight excluding hydrogens is 230 g/mol. The van der Waals surface area contributed by atoms with Crippen LogP contribution >= 0.6 is 0 Å². The number of nitrogens with one attached hydrogen (secondary N) is 1. The van der Waals surface area contributed by atoms with Crippen molar-refractivity contribution >= 4 is 5.91 Å². The second kappa shape index (κ2) is 5.04. The van der Waals surface area contributed by atoms with Gasteiger partial charge in [0.15, 0.2) is 0 Å². The average molecular weight is 247 g/mol. The Morgan fingerprint density at radius 2 is 2.44 bits per heavy atom. The average Bonchev–Trinajstić information content (AvgIpc) is 2.87. The van der Waals surface area contributed by atoms with E-state index in [4.69, 9.17) is 4.74 Å². The molecule has 0 spiro atoms. The number of nitrogens with zero attached hydrogens (tertiary/aromatic N) is 2. The maximum Gasteiger partial charge on any atom is 0.229 e. The molecule has 2 atom stereocenters. The van der Waals surface area contributed by atoms with Crippen LogP contribution in [0.3, 0.4) is 0 Å². The summed E-state index contributed by atoms with van der Waals surface area (Å²) in [5.74, 6) is 0.149. The Balaban J connectivity index is 1.68. The molecule has 1 N–H and O–H groups in total. The largest absolute Gasteiger partial charge is 0.373 e. The zero-order chi connectivity index (χ0) is 12.4. The zero-order valence-electron chi connectivity index (χ0n) is 10.2. The first kappa shape index (κ1) is 11.6. The van der Waals surface area contributed by atoms with Crippen LogP contribution in [0.1, 0.15) is 5.69 Å². The van der Waals surface area contributed by atoms with Crippen LogP contribution < -0.4 is 5.32 Å². The molecule has 0 aliphatic carbocycles. The minimum absolute atomic E-state index is 0.149. The van der Waals surface area contributed by atoms with Crippen LogP contribution in [0, 0.1) is 0 Å². The number of amides is 1. The van der Waals surface area contributed by atoms with Crippen molar-refractivity contribution in [3.8, 4) is 0 Å². The smallest absolute Gasteiger partial charge is 0.229 e. The quantitative estimate of drug-likeness (QED) is 0.788. The van der Waals surface area contributed by atoms with Gasteiger partial charge < -0.3 is 15.0 Å². The molecule has 0 saturated carbocycles. The summed E-state index contributed by atoms with van der Waals surface area (Å²) in [5.41, 5.74) is 0.830. The van der Waals surface area contributed by atoms with Gasteiger partial charge in [0.1, 0.15) is 0 Å². The minimum Gasteiger partial charge on any atom is -0.373 e. The van der Waals surface area contributed by atoms with E-state index in [9.17, 15) is 4.79 Å². The maximum atomic E-state index is 12.3. The Hall–Kier alpha value is -1.46. The van der Waals surface area contributed by atoms with Gasteiger partial charge in [0.05, 0.1) is 25.2 Å². The van der Waals surface area contributed by atoms with E-state index in [1.54, 1.807) is 6.20 Å². The van der Waals surface area contributed by atoms with Crippen LogP contribution in [-0.4, -0.2) is 54.2 Å². The number of hydrogen-bond acceptors (Lipinski definition) is 4.